The number of rotatable bonds is 1. The van der Waals surface area contributed by atoms with E-state index < -0.39 is 11.7 Å². The summed E-state index contributed by atoms with van der Waals surface area (Å²) in [6, 6.07) is 6.09. The van der Waals surface area contributed by atoms with Crippen molar-refractivity contribution >= 4 is 22.9 Å². The number of alkyl halides is 3. The number of aryl methyl sites for hydroxylation is 2. The molecule has 1 aliphatic rings. The van der Waals surface area contributed by atoms with E-state index in [4.69, 9.17) is 5.73 Å². The van der Waals surface area contributed by atoms with Gasteiger partial charge in [0, 0.05) is 6.20 Å². The molecule has 0 atom stereocenters. The van der Waals surface area contributed by atoms with Gasteiger partial charge in [0.15, 0.2) is 0 Å². The Labute approximate surface area is 131 Å². The molecule has 0 saturated heterocycles. The van der Waals surface area contributed by atoms with Crippen LogP contribution in [0.2, 0.25) is 0 Å². The van der Waals surface area contributed by atoms with Crippen molar-refractivity contribution in [2.24, 2.45) is 10.7 Å². The fourth-order valence-corrected chi connectivity index (χ4v) is 2.71. The molecule has 0 amide bonds. The molecule has 3 rings (SSSR count). The van der Waals surface area contributed by atoms with E-state index in [1.165, 1.54) is 13.0 Å². The Hall–Kier alpha value is -2.57. The summed E-state index contributed by atoms with van der Waals surface area (Å²) >= 11 is 0. The highest BCUT2D eigenvalue weighted by atomic mass is 19.4. The number of anilines is 2. The molecular weight excluding hydrogens is 305 g/mol. The molecule has 0 saturated carbocycles. The SMILES string of the molecule is Cc1cc2c(cc1C(F)(F)F)N(c1cccnc1C)CC(N)=N2. The zero-order valence-corrected chi connectivity index (χ0v) is 12.6. The Bertz CT molecular complexity index is 796. The van der Waals surface area contributed by atoms with Crippen LogP contribution < -0.4 is 10.6 Å². The number of aliphatic imine (C=N–C) groups is 1. The lowest BCUT2D eigenvalue weighted by molar-refractivity contribution is -0.138. The van der Waals surface area contributed by atoms with Gasteiger partial charge in [-0.05, 0) is 43.7 Å². The van der Waals surface area contributed by atoms with E-state index in [1.807, 2.05) is 0 Å². The van der Waals surface area contributed by atoms with Crippen LogP contribution in [0, 0.1) is 13.8 Å². The second kappa shape index (κ2) is 5.26. The van der Waals surface area contributed by atoms with Gasteiger partial charge < -0.3 is 10.6 Å². The number of pyridine rings is 1. The van der Waals surface area contributed by atoms with Crippen LogP contribution in [0.5, 0.6) is 0 Å². The van der Waals surface area contributed by atoms with E-state index >= 15 is 0 Å². The molecule has 2 N–H and O–H groups in total. The number of amidine groups is 1. The van der Waals surface area contributed by atoms with Crippen molar-refractivity contribution in [2.75, 3.05) is 11.4 Å². The molecule has 0 radical (unpaired) electrons. The van der Waals surface area contributed by atoms with Crippen LogP contribution in [0.25, 0.3) is 0 Å². The Kier molecular flexibility index (Phi) is 3.50. The van der Waals surface area contributed by atoms with Crippen molar-refractivity contribution in [2.45, 2.75) is 20.0 Å². The number of hydrogen-bond donors (Lipinski definition) is 1. The molecule has 0 aliphatic carbocycles. The highest BCUT2D eigenvalue weighted by molar-refractivity contribution is 5.96. The average molecular weight is 320 g/mol. The standard InChI is InChI=1S/C16H15F3N4/c1-9-6-12-14(7-11(9)16(17,18)19)23(8-15(20)22-12)13-4-3-5-21-10(13)2/h3-7H,8H2,1-2H3,(H2,20,22). The van der Waals surface area contributed by atoms with Crippen LogP contribution in [0.15, 0.2) is 35.5 Å². The van der Waals surface area contributed by atoms with Crippen molar-refractivity contribution in [3.63, 3.8) is 0 Å². The number of nitrogens with two attached hydrogens (primary N) is 1. The molecule has 2 aromatic rings. The molecule has 23 heavy (non-hydrogen) atoms. The number of halogens is 3. The molecule has 1 aromatic heterocycles. The van der Waals surface area contributed by atoms with E-state index in [2.05, 4.69) is 9.98 Å². The zero-order valence-electron chi connectivity index (χ0n) is 12.6. The monoisotopic (exact) mass is 320 g/mol. The van der Waals surface area contributed by atoms with Crippen molar-refractivity contribution in [3.8, 4) is 0 Å². The van der Waals surface area contributed by atoms with Gasteiger partial charge in [-0.15, -0.1) is 0 Å². The molecule has 7 heteroatoms. The van der Waals surface area contributed by atoms with Crippen LogP contribution in [0.3, 0.4) is 0 Å². The molecule has 2 heterocycles. The van der Waals surface area contributed by atoms with E-state index in [9.17, 15) is 13.2 Å². The fourth-order valence-electron chi connectivity index (χ4n) is 2.71. The van der Waals surface area contributed by atoms with Gasteiger partial charge >= 0.3 is 6.18 Å². The van der Waals surface area contributed by atoms with Crippen LogP contribution in [0.1, 0.15) is 16.8 Å². The highest BCUT2D eigenvalue weighted by Crippen LogP contribution is 2.43. The third kappa shape index (κ3) is 2.74. The lowest BCUT2D eigenvalue weighted by Crippen LogP contribution is -2.34. The first-order chi connectivity index (χ1) is 10.8. The average Bonchev–Trinajstić information content (AvgIpc) is 2.45. The number of aromatic nitrogens is 1. The second-order valence-corrected chi connectivity index (χ2v) is 5.45. The molecular formula is C16H15F3N4. The summed E-state index contributed by atoms with van der Waals surface area (Å²) < 4.78 is 39.6. The summed E-state index contributed by atoms with van der Waals surface area (Å²) in [6.45, 7) is 3.44. The Morgan fingerprint density at radius 3 is 2.57 bits per heavy atom. The zero-order chi connectivity index (χ0) is 16.8. The number of nitrogens with zero attached hydrogens (tertiary/aromatic N) is 3. The van der Waals surface area contributed by atoms with Gasteiger partial charge in [-0.25, -0.2) is 4.99 Å². The van der Waals surface area contributed by atoms with Crippen molar-refractivity contribution < 1.29 is 13.2 Å². The van der Waals surface area contributed by atoms with Crippen LogP contribution >= 0.6 is 0 Å². The Morgan fingerprint density at radius 1 is 1.17 bits per heavy atom. The third-order valence-corrected chi connectivity index (χ3v) is 3.77. The predicted molar refractivity (Wildman–Crippen MR) is 83.4 cm³/mol. The molecule has 0 bridgehead atoms. The summed E-state index contributed by atoms with van der Waals surface area (Å²) in [5, 5.41) is 0. The topological polar surface area (TPSA) is 54.5 Å². The first-order valence-electron chi connectivity index (χ1n) is 7.01. The summed E-state index contributed by atoms with van der Waals surface area (Å²) in [4.78, 5) is 10.1. The quantitative estimate of drug-likeness (QED) is 0.868. The first kappa shape index (κ1) is 15.3. The molecule has 4 nitrogen and oxygen atoms in total. The number of fused-ring (bicyclic) bond motifs is 1. The molecule has 1 aliphatic heterocycles. The van der Waals surface area contributed by atoms with Gasteiger partial charge in [-0.1, -0.05) is 0 Å². The number of benzene rings is 1. The third-order valence-electron chi connectivity index (χ3n) is 3.77. The highest BCUT2D eigenvalue weighted by Gasteiger charge is 2.34. The van der Waals surface area contributed by atoms with Crippen molar-refractivity contribution in [1.29, 1.82) is 0 Å². The molecule has 0 unspecified atom stereocenters. The van der Waals surface area contributed by atoms with Crippen LogP contribution in [0.4, 0.5) is 30.2 Å². The van der Waals surface area contributed by atoms with E-state index in [0.717, 1.165) is 6.07 Å². The lowest BCUT2D eigenvalue weighted by Gasteiger charge is -2.31. The number of hydrogen-bond acceptors (Lipinski definition) is 4. The summed E-state index contributed by atoms with van der Waals surface area (Å²) in [5.41, 5.74) is 7.56. The maximum atomic E-state index is 13.2. The van der Waals surface area contributed by atoms with Gasteiger partial charge in [0.2, 0.25) is 0 Å². The molecule has 0 fully saturated rings. The minimum absolute atomic E-state index is 0.123. The molecule has 0 spiro atoms. The van der Waals surface area contributed by atoms with Gasteiger partial charge in [-0.2, -0.15) is 13.2 Å². The van der Waals surface area contributed by atoms with Gasteiger partial charge in [0.1, 0.15) is 5.84 Å². The van der Waals surface area contributed by atoms with Crippen LogP contribution in [-0.4, -0.2) is 17.4 Å². The van der Waals surface area contributed by atoms with Crippen molar-refractivity contribution in [1.82, 2.24) is 4.98 Å². The minimum Gasteiger partial charge on any atom is -0.386 e. The normalized spacial score (nSPS) is 14.5. The maximum absolute atomic E-state index is 13.2. The molecule has 1 aromatic carbocycles. The van der Waals surface area contributed by atoms with Crippen molar-refractivity contribution in [3.05, 3.63) is 47.3 Å². The Morgan fingerprint density at radius 2 is 1.91 bits per heavy atom. The van der Waals surface area contributed by atoms with E-state index in [1.54, 1.807) is 30.2 Å². The largest absolute Gasteiger partial charge is 0.416 e. The fraction of sp³-hybridized carbons (Fsp3) is 0.250. The minimum atomic E-state index is -4.42. The molecule has 120 valence electrons. The van der Waals surface area contributed by atoms with Gasteiger partial charge in [0.05, 0.1) is 34.9 Å². The maximum Gasteiger partial charge on any atom is 0.416 e. The van der Waals surface area contributed by atoms with E-state index in [-0.39, 0.29) is 12.1 Å². The predicted octanol–water partition coefficient (Wildman–Crippen LogP) is 3.86. The second-order valence-electron chi connectivity index (χ2n) is 5.45. The Balaban J connectivity index is 2.22. The summed E-state index contributed by atoms with van der Waals surface area (Å²) in [7, 11) is 0. The first-order valence-corrected chi connectivity index (χ1v) is 7.01. The van der Waals surface area contributed by atoms with Crippen LogP contribution in [-0.2, 0) is 6.18 Å². The van der Waals surface area contributed by atoms with Gasteiger partial charge in [-0.3, -0.25) is 4.98 Å². The van der Waals surface area contributed by atoms with E-state index in [0.29, 0.717) is 28.6 Å². The summed E-state index contributed by atoms with van der Waals surface area (Å²) in [6.07, 6.45) is -2.78. The smallest absolute Gasteiger partial charge is 0.386 e. The lowest BCUT2D eigenvalue weighted by atomic mass is 10.0. The van der Waals surface area contributed by atoms with Gasteiger partial charge in [0.25, 0.3) is 0 Å². The summed E-state index contributed by atoms with van der Waals surface area (Å²) in [5.74, 6) is 0.347.